The van der Waals surface area contributed by atoms with Crippen molar-refractivity contribution in [1.29, 1.82) is 0 Å². The van der Waals surface area contributed by atoms with E-state index < -0.39 is 10.0 Å². The molecule has 170 valence electrons. The Morgan fingerprint density at radius 2 is 1.79 bits per heavy atom. The van der Waals surface area contributed by atoms with Crippen LogP contribution < -0.4 is 10.0 Å². The summed E-state index contributed by atoms with van der Waals surface area (Å²) in [6.45, 7) is 0.445. The van der Waals surface area contributed by atoms with Crippen molar-refractivity contribution in [3.05, 3.63) is 108 Å². The zero-order valence-corrected chi connectivity index (χ0v) is 19.5. The number of nitrogens with one attached hydrogen (secondary N) is 2. The van der Waals surface area contributed by atoms with E-state index >= 15 is 0 Å². The number of amides is 1. The predicted octanol–water partition coefficient (Wildman–Crippen LogP) is 4.82. The molecule has 0 fully saturated rings. The molecule has 0 aliphatic rings. The quantitative estimate of drug-likeness (QED) is 0.344. The largest absolute Gasteiger partial charge is 0.348 e. The van der Waals surface area contributed by atoms with Gasteiger partial charge in [-0.05, 0) is 53.4 Å². The summed E-state index contributed by atoms with van der Waals surface area (Å²) in [4.78, 5) is 17.1. The fourth-order valence-corrected chi connectivity index (χ4v) is 5.62. The van der Waals surface area contributed by atoms with Crippen LogP contribution in [0, 0.1) is 0 Å². The third-order valence-corrected chi connectivity index (χ3v) is 8.02. The highest BCUT2D eigenvalue weighted by molar-refractivity contribution is 7.94. The number of nitrogens with zero attached hydrogens (tertiary/aromatic N) is 2. The highest BCUT2D eigenvalue weighted by Crippen LogP contribution is 2.24. The molecule has 0 unspecified atom stereocenters. The molecule has 5 aromatic rings. The Morgan fingerprint density at radius 3 is 2.59 bits per heavy atom. The summed E-state index contributed by atoms with van der Waals surface area (Å²) in [5, 5.41) is 4.64. The molecule has 0 spiro atoms. The number of benzene rings is 3. The van der Waals surface area contributed by atoms with Crippen molar-refractivity contribution in [2.24, 2.45) is 0 Å². The van der Waals surface area contributed by atoms with Gasteiger partial charge in [0.25, 0.3) is 15.9 Å². The number of hydrogen-bond donors (Lipinski definition) is 2. The van der Waals surface area contributed by atoms with Crippen molar-refractivity contribution in [3.63, 3.8) is 0 Å². The van der Waals surface area contributed by atoms with Gasteiger partial charge < -0.3 is 5.32 Å². The summed E-state index contributed by atoms with van der Waals surface area (Å²) in [7, 11) is -3.64. The van der Waals surface area contributed by atoms with Gasteiger partial charge in [0.05, 0.1) is 16.7 Å². The summed E-state index contributed by atoms with van der Waals surface area (Å²) in [6.07, 6.45) is 1.66. The van der Waals surface area contributed by atoms with Gasteiger partial charge in [-0.2, -0.15) is 0 Å². The molecule has 0 atom stereocenters. The van der Waals surface area contributed by atoms with E-state index in [0.29, 0.717) is 23.3 Å². The second-order valence-corrected chi connectivity index (χ2v) is 10.4. The second-order valence-electron chi connectivity index (χ2n) is 7.57. The highest BCUT2D eigenvalue weighted by atomic mass is 32.2. The standard InChI is InChI=1S/C25H20N4O3S2/c30-25(26-16-18-6-2-1-3-7-18)19-11-12-23-22(14-19)27-17-29(23)21-9-4-8-20(15-21)28-34(31,32)24-10-5-13-33-24/h1-15,17,28H,16H2,(H,26,30). The smallest absolute Gasteiger partial charge is 0.271 e. The van der Waals surface area contributed by atoms with Crippen molar-refractivity contribution in [1.82, 2.24) is 14.9 Å². The molecule has 0 saturated carbocycles. The summed E-state index contributed by atoms with van der Waals surface area (Å²) < 4.78 is 29.8. The molecule has 0 bridgehead atoms. The van der Waals surface area contributed by atoms with Crippen LogP contribution in [0.1, 0.15) is 15.9 Å². The van der Waals surface area contributed by atoms with Gasteiger partial charge in [-0.15, -0.1) is 11.3 Å². The Hall–Kier alpha value is -3.95. The molecule has 2 heterocycles. The monoisotopic (exact) mass is 488 g/mol. The molecule has 3 aromatic carbocycles. The SMILES string of the molecule is O=C(NCc1ccccc1)c1ccc2c(c1)ncn2-c1cccc(NS(=O)(=O)c2cccs2)c1. The zero-order chi connectivity index (χ0) is 23.5. The average Bonchev–Trinajstić information content (AvgIpc) is 3.53. The van der Waals surface area contributed by atoms with Crippen LogP contribution in [-0.2, 0) is 16.6 Å². The molecule has 0 saturated heterocycles. The molecular weight excluding hydrogens is 468 g/mol. The number of thiophene rings is 1. The van der Waals surface area contributed by atoms with Gasteiger partial charge in [-0.25, -0.2) is 13.4 Å². The number of anilines is 1. The van der Waals surface area contributed by atoms with Gasteiger partial charge in [0.15, 0.2) is 0 Å². The van der Waals surface area contributed by atoms with Gasteiger partial charge in [-0.1, -0.05) is 42.5 Å². The van der Waals surface area contributed by atoms with E-state index in [2.05, 4.69) is 15.0 Å². The molecule has 34 heavy (non-hydrogen) atoms. The predicted molar refractivity (Wildman–Crippen MR) is 134 cm³/mol. The molecule has 0 aliphatic heterocycles. The van der Waals surface area contributed by atoms with Crippen molar-refractivity contribution in [2.45, 2.75) is 10.8 Å². The maximum absolute atomic E-state index is 12.6. The molecule has 1 amide bonds. The first-order chi connectivity index (χ1) is 16.5. The molecule has 9 heteroatoms. The van der Waals surface area contributed by atoms with Crippen LogP contribution in [-0.4, -0.2) is 23.9 Å². The van der Waals surface area contributed by atoms with Crippen LogP contribution >= 0.6 is 11.3 Å². The van der Waals surface area contributed by atoms with Crippen molar-refractivity contribution >= 4 is 44.0 Å². The molecule has 0 aliphatic carbocycles. The lowest BCUT2D eigenvalue weighted by Gasteiger charge is -2.10. The van der Waals surface area contributed by atoms with E-state index in [1.807, 2.05) is 47.0 Å². The molecule has 5 rings (SSSR count). The van der Waals surface area contributed by atoms with Gasteiger partial charge in [0, 0.05) is 17.8 Å². The van der Waals surface area contributed by atoms with Crippen LogP contribution in [0.5, 0.6) is 0 Å². The number of carbonyl (C=O) groups is 1. The lowest BCUT2D eigenvalue weighted by molar-refractivity contribution is 0.0951. The minimum Gasteiger partial charge on any atom is -0.348 e. The number of aromatic nitrogens is 2. The summed E-state index contributed by atoms with van der Waals surface area (Å²) in [6, 6.07) is 25.4. The number of carbonyl (C=O) groups excluding carboxylic acids is 1. The fourth-order valence-electron chi connectivity index (χ4n) is 3.58. The van der Waals surface area contributed by atoms with Crippen LogP contribution in [0.4, 0.5) is 5.69 Å². The van der Waals surface area contributed by atoms with Gasteiger partial charge >= 0.3 is 0 Å². The third-order valence-electron chi connectivity index (χ3n) is 5.24. The van der Waals surface area contributed by atoms with E-state index in [-0.39, 0.29) is 10.1 Å². The van der Waals surface area contributed by atoms with Gasteiger partial charge in [0.2, 0.25) is 0 Å². The first kappa shape index (κ1) is 21.9. The molecule has 2 N–H and O–H groups in total. The van der Waals surface area contributed by atoms with Gasteiger partial charge in [0.1, 0.15) is 10.5 Å². The topological polar surface area (TPSA) is 93.1 Å². The Morgan fingerprint density at radius 1 is 0.941 bits per heavy atom. The van der Waals surface area contributed by atoms with Gasteiger partial charge in [-0.3, -0.25) is 14.1 Å². The maximum Gasteiger partial charge on any atom is 0.271 e. The van der Waals surface area contributed by atoms with Crippen LogP contribution in [0.25, 0.3) is 16.7 Å². The first-order valence-electron chi connectivity index (χ1n) is 10.5. The summed E-state index contributed by atoms with van der Waals surface area (Å²) in [5.41, 5.74) is 4.21. The van der Waals surface area contributed by atoms with Crippen molar-refractivity contribution in [3.8, 4) is 5.69 Å². The van der Waals surface area contributed by atoms with Crippen LogP contribution in [0.15, 0.2) is 101 Å². The lowest BCUT2D eigenvalue weighted by Crippen LogP contribution is -2.22. The Balaban J connectivity index is 1.37. The van der Waals surface area contributed by atoms with Crippen LogP contribution in [0.3, 0.4) is 0 Å². The maximum atomic E-state index is 12.6. The normalized spacial score (nSPS) is 11.4. The van der Waals surface area contributed by atoms with E-state index in [1.54, 1.807) is 54.2 Å². The number of fused-ring (bicyclic) bond motifs is 1. The van der Waals surface area contributed by atoms with E-state index in [0.717, 1.165) is 28.1 Å². The average molecular weight is 489 g/mol. The summed E-state index contributed by atoms with van der Waals surface area (Å²) in [5.74, 6) is -0.176. The molecular formula is C25H20N4O3S2. The first-order valence-corrected chi connectivity index (χ1v) is 12.8. The van der Waals surface area contributed by atoms with E-state index in [4.69, 9.17) is 0 Å². The number of imidazole rings is 1. The fraction of sp³-hybridized carbons (Fsp3) is 0.0400. The minimum atomic E-state index is -3.64. The molecule has 0 radical (unpaired) electrons. The van der Waals surface area contributed by atoms with Crippen LogP contribution in [0.2, 0.25) is 0 Å². The summed E-state index contributed by atoms with van der Waals surface area (Å²) >= 11 is 1.16. The molecule has 2 aromatic heterocycles. The lowest BCUT2D eigenvalue weighted by atomic mass is 10.1. The number of hydrogen-bond acceptors (Lipinski definition) is 5. The zero-order valence-electron chi connectivity index (χ0n) is 17.9. The van der Waals surface area contributed by atoms with Crippen molar-refractivity contribution in [2.75, 3.05) is 4.72 Å². The van der Waals surface area contributed by atoms with E-state index in [1.165, 1.54) is 0 Å². The number of sulfonamides is 1. The molecule has 7 nitrogen and oxygen atoms in total. The van der Waals surface area contributed by atoms with Crippen molar-refractivity contribution < 1.29 is 13.2 Å². The Kier molecular flexibility index (Phi) is 5.87. The van der Waals surface area contributed by atoms with E-state index in [9.17, 15) is 13.2 Å². The number of rotatable bonds is 7. The Bertz CT molecular complexity index is 1560. The Labute approximate surface area is 200 Å². The third kappa shape index (κ3) is 4.57. The second kappa shape index (κ2) is 9.12. The minimum absolute atomic E-state index is 0.176. The highest BCUT2D eigenvalue weighted by Gasteiger charge is 2.16.